The Hall–Kier alpha value is -2.69. The van der Waals surface area contributed by atoms with Gasteiger partial charge in [0.15, 0.2) is 0 Å². The summed E-state index contributed by atoms with van der Waals surface area (Å²) in [5, 5.41) is 4.24. The molecule has 0 aliphatic heterocycles. The molecule has 1 heterocycles. The normalized spacial score (nSPS) is 10.7. The Morgan fingerprint density at radius 3 is 2.55 bits per heavy atom. The molecule has 0 aliphatic rings. The number of hydrogen-bond acceptors (Lipinski definition) is 2. The average Bonchev–Trinajstić information content (AvgIpc) is 2.81. The number of rotatable bonds is 2. The van der Waals surface area contributed by atoms with Crippen LogP contribution in [0.25, 0.3) is 16.9 Å². The van der Waals surface area contributed by atoms with Crippen LogP contribution in [-0.4, -0.2) is 9.78 Å². The third-order valence-electron chi connectivity index (χ3n) is 2.94. The van der Waals surface area contributed by atoms with Crippen molar-refractivity contribution in [1.82, 2.24) is 9.78 Å². The molecule has 0 saturated heterocycles. The predicted molar refractivity (Wildman–Crippen MR) is 73.3 cm³/mol. The number of aromatic nitrogens is 2. The van der Waals surface area contributed by atoms with Crippen LogP contribution in [0.1, 0.15) is 0 Å². The summed E-state index contributed by atoms with van der Waals surface area (Å²) in [6.45, 7) is 0. The first-order valence-corrected chi connectivity index (χ1v) is 6.01. The molecule has 0 fully saturated rings. The van der Waals surface area contributed by atoms with Gasteiger partial charge in [-0.1, -0.05) is 24.3 Å². The highest BCUT2D eigenvalue weighted by molar-refractivity contribution is 5.72. The highest BCUT2D eigenvalue weighted by Crippen LogP contribution is 2.26. The third-order valence-corrected chi connectivity index (χ3v) is 2.94. The Bertz CT molecular complexity index is 765. The molecule has 3 rings (SSSR count). The molecule has 2 aromatic carbocycles. The van der Waals surface area contributed by atoms with Crippen molar-refractivity contribution >= 4 is 5.69 Å². The van der Waals surface area contributed by atoms with E-state index in [4.69, 9.17) is 5.73 Å². The van der Waals surface area contributed by atoms with Crippen LogP contribution in [0.4, 0.5) is 14.5 Å². The van der Waals surface area contributed by atoms with E-state index in [2.05, 4.69) is 5.10 Å². The van der Waals surface area contributed by atoms with Crippen molar-refractivity contribution in [2.75, 3.05) is 5.73 Å². The van der Waals surface area contributed by atoms with E-state index in [1.54, 1.807) is 30.3 Å². The molecule has 20 heavy (non-hydrogen) atoms. The van der Waals surface area contributed by atoms with Gasteiger partial charge in [-0.05, 0) is 24.3 Å². The zero-order chi connectivity index (χ0) is 14.1. The number of nitrogens with zero attached hydrogens (tertiary/aromatic N) is 2. The maximum atomic E-state index is 13.7. The van der Waals surface area contributed by atoms with Gasteiger partial charge in [0, 0.05) is 5.56 Å². The van der Waals surface area contributed by atoms with Gasteiger partial charge in [-0.2, -0.15) is 5.10 Å². The van der Waals surface area contributed by atoms with Gasteiger partial charge < -0.3 is 5.73 Å². The Morgan fingerprint density at radius 1 is 1.00 bits per heavy atom. The van der Waals surface area contributed by atoms with Crippen LogP contribution < -0.4 is 5.73 Å². The van der Waals surface area contributed by atoms with Crippen molar-refractivity contribution in [2.45, 2.75) is 0 Å². The highest BCUT2D eigenvalue weighted by atomic mass is 19.1. The Morgan fingerprint density at radius 2 is 1.80 bits per heavy atom. The molecular formula is C15H11F2N3. The van der Waals surface area contributed by atoms with E-state index in [1.807, 2.05) is 0 Å². The molecule has 0 amide bonds. The van der Waals surface area contributed by atoms with E-state index in [1.165, 1.54) is 29.1 Å². The number of benzene rings is 2. The minimum atomic E-state index is -0.402. The molecule has 0 bridgehead atoms. The lowest BCUT2D eigenvalue weighted by atomic mass is 10.1. The van der Waals surface area contributed by atoms with Gasteiger partial charge in [0.1, 0.15) is 23.0 Å². The molecule has 0 radical (unpaired) electrons. The van der Waals surface area contributed by atoms with E-state index in [0.717, 1.165) is 0 Å². The molecule has 3 aromatic rings. The van der Waals surface area contributed by atoms with E-state index >= 15 is 0 Å². The molecule has 2 N–H and O–H groups in total. The van der Waals surface area contributed by atoms with E-state index in [-0.39, 0.29) is 5.82 Å². The number of nitrogens with two attached hydrogens (primary N) is 1. The van der Waals surface area contributed by atoms with Crippen LogP contribution in [-0.2, 0) is 0 Å². The molecule has 0 saturated carbocycles. The quantitative estimate of drug-likeness (QED) is 0.776. The number of nitrogen functional groups attached to an aromatic ring is 1. The first-order valence-electron chi connectivity index (χ1n) is 6.01. The van der Waals surface area contributed by atoms with Crippen LogP contribution in [0.3, 0.4) is 0 Å². The van der Waals surface area contributed by atoms with Gasteiger partial charge in [-0.3, -0.25) is 0 Å². The van der Waals surface area contributed by atoms with Crippen molar-refractivity contribution in [3.63, 3.8) is 0 Å². The smallest absolute Gasteiger partial charge is 0.148 e. The fraction of sp³-hybridized carbons (Fsp3) is 0. The predicted octanol–water partition coefficient (Wildman–Crippen LogP) is 3.40. The Balaban J connectivity index is 2.10. The Kier molecular flexibility index (Phi) is 2.95. The molecule has 3 nitrogen and oxygen atoms in total. The van der Waals surface area contributed by atoms with E-state index in [0.29, 0.717) is 22.6 Å². The maximum absolute atomic E-state index is 13.7. The largest absolute Gasteiger partial charge is 0.396 e. The lowest BCUT2D eigenvalue weighted by Crippen LogP contribution is -1.98. The zero-order valence-electron chi connectivity index (χ0n) is 10.4. The number of hydrogen-bond donors (Lipinski definition) is 1. The number of para-hydroxylation sites is 1. The zero-order valence-corrected chi connectivity index (χ0v) is 10.4. The second-order valence-corrected chi connectivity index (χ2v) is 4.34. The first-order chi connectivity index (χ1) is 9.65. The number of anilines is 1. The molecule has 0 atom stereocenters. The second-order valence-electron chi connectivity index (χ2n) is 4.34. The third kappa shape index (κ3) is 2.14. The molecule has 0 spiro atoms. The standard InChI is InChI=1S/C15H11F2N3/c16-11-5-3-4-10(8-11)15-13(18)9-20(19-15)14-7-2-1-6-12(14)17/h1-9H,18H2. The van der Waals surface area contributed by atoms with Crippen molar-refractivity contribution < 1.29 is 8.78 Å². The summed E-state index contributed by atoms with van der Waals surface area (Å²) in [5.74, 6) is -0.775. The molecule has 100 valence electrons. The van der Waals surface area contributed by atoms with Crippen molar-refractivity contribution in [1.29, 1.82) is 0 Å². The second kappa shape index (κ2) is 4.77. The fourth-order valence-electron chi connectivity index (χ4n) is 2.01. The lowest BCUT2D eigenvalue weighted by molar-refractivity contribution is 0.611. The summed E-state index contributed by atoms with van der Waals surface area (Å²) in [4.78, 5) is 0. The molecule has 0 aliphatic carbocycles. The molecule has 1 aromatic heterocycles. The van der Waals surface area contributed by atoms with Crippen molar-refractivity contribution in [2.24, 2.45) is 0 Å². The van der Waals surface area contributed by atoms with Crippen LogP contribution in [0, 0.1) is 11.6 Å². The minimum absolute atomic E-state index is 0.293. The summed E-state index contributed by atoms with van der Waals surface area (Å²) in [7, 11) is 0. The maximum Gasteiger partial charge on any atom is 0.148 e. The molecule has 0 unspecified atom stereocenters. The minimum Gasteiger partial charge on any atom is -0.396 e. The van der Waals surface area contributed by atoms with Crippen LogP contribution in [0.15, 0.2) is 54.7 Å². The van der Waals surface area contributed by atoms with Gasteiger partial charge >= 0.3 is 0 Å². The average molecular weight is 271 g/mol. The van der Waals surface area contributed by atoms with Gasteiger partial charge in [-0.15, -0.1) is 0 Å². The fourth-order valence-corrected chi connectivity index (χ4v) is 2.01. The van der Waals surface area contributed by atoms with Gasteiger partial charge in [0.2, 0.25) is 0 Å². The summed E-state index contributed by atoms with van der Waals surface area (Å²) in [6.07, 6.45) is 1.51. The Labute approximate surface area is 114 Å². The van der Waals surface area contributed by atoms with E-state index in [9.17, 15) is 8.78 Å². The monoisotopic (exact) mass is 271 g/mol. The SMILES string of the molecule is Nc1cn(-c2ccccc2F)nc1-c1cccc(F)c1. The van der Waals surface area contributed by atoms with Crippen LogP contribution >= 0.6 is 0 Å². The van der Waals surface area contributed by atoms with Crippen LogP contribution in [0.2, 0.25) is 0 Å². The van der Waals surface area contributed by atoms with Crippen molar-refractivity contribution in [3.05, 3.63) is 66.4 Å². The highest BCUT2D eigenvalue weighted by Gasteiger charge is 2.12. The van der Waals surface area contributed by atoms with Gasteiger partial charge in [0.25, 0.3) is 0 Å². The van der Waals surface area contributed by atoms with Crippen LogP contribution in [0.5, 0.6) is 0 Å². The van der Waals surface area contributed by atoms with Gasteiger partial charge in [0.05, 0.1) is 11.9 Å². The van der Waals surface area contributed by atoms with Gasteiger partial charge in [-0.25, -0.2) is 13.5 Å². The topological polar surface area (TPSA) is 43.8 Å². The summed E-state index contributed by atoms with van der Waals surface area (Å²) >= 11 is 0. The summed E-state index contributed by atoms with van der Waals surface area (Å²) in [5.41, 5.74) is 7.51. The summed E-state index contributed by atoms with van der Waals surface area (Å²) < 4.78 is 28.3. The lowest BCUT2D eigenvalue weighted by Gasteiger charge is -2.02. The molecular weight excluding hydrogens is 260 g/mol. The van der Waals surface area contributed by atoms with E-state index < -0.39 is 5.82 Å². The molecule has 5 heteroatoms. The first kappa shape index (κ1) is 12.3. The summed E-state index contributed by atoms with van der Waals surface area (Å²) in [6, 6.07) is 12.2. The number of halogens is 2. The van der Waals surface area contributed by atoms with Crippen molar-refractivity contribution in [3.8, 4) is 16.9 Å².